The molecule has 0 aromatic carbocycles. The lowest BCUT2D eigenvalue weighted by Gasteiger charge is -2.10. The highest BCUT2D eigenvalue weighted by Gasteiger charge is 2.05. The summed E-state index contributed by atoms with van der Waals surface area (Å²) in [6.45, 7) is 5.65. The Labute approximate surface area is 247 Å². The SMILES string of the molecule is CCCCCCCC(=O)O.CCCCCCCC(=O)O.CCCCCCCC(=O)O.OCC(O)COCC(O)CO. The van der Waals surface area contributed by atoms with Gasteiger partial charge in [0.15, 0.2) is 0 Å². The molecule has 0 fully saturated rings. The van der Waals surface area contributed by atoms with Gasteiger partial charge in [-0.2, -0.15) is 0 Å². The number of aliphatic hydroxyl groups excluding tert-OH is 4. The van der Waals surface area contributed by atoms with E-state index in [1.54, 1.807) is 0 Å². The van der Waals surface area contributed by atoms with Crippen LogP contribution in [-0.4, -0.2) is 92.3 Å². The van der Waals surface area contributed by atoms with E-state index in [0.29, 0.717) is 19.3 Å². The standard InChI is InChI=1S/3C8H16O2.C6H14O5/c3*1-2-3-4-5-6-7-8(9)10;7-1-5(9)3-11-4-6(10)2-8/h3*2-7H2,1H3,(H,9,10);5-10H,1-4H2. The van der Waals surface area contributed by atoms with Crippen molar-refractivity contribution in [3.05, 3.63) is 0 Å². The first-order valence-corrected chi connectivity index (χ1v) is 15.3. The number of aliphatic hydroxyl groups is 4. The highest BCUT2D eigenvalue weighted by atomic mass is 16.5. The molecule has 0 saturated carbocycles. The second-order valence-corrected chi connectivity index (χ2v) is 9.88. The van der Waals surface area contributed by atoms with Crippen molar-refractivity contribution in [2.24, 2.45) is 0 Å². The first-order valence-electron chi connectivity index (χ1n) is 15.3. The van der Waals surface area contributed by atoms with Gasteiger partial charge in [0, 0.05) is 19.3 Å². The van der Waals surface area contributed by atoms with E-state index in [0.717, 1.165) is 38.5 Å². The van der Waals surface area contributed by atoms with Crippen LogP contribution in [0, 0.1) is 0 Å². The number of carbonyl (C=O) groups is 3. The molecule has 0 radical (unpaired) electrons. The summed E-state index contributed by atoms with van der Waals surface area (Å²) in [6, 6.07) is 0. The van der Waals surface area contributed by atoms with E-state index in [4.69, 9.17) is 40.5 Å². The summed E-state index contributed by atoms with van der Waals surface area (Å²) in [7, 11) is 0. The molecule has 11 nitrogen and oxygen atoms in total. The minimum Gasteiger partial charge on any atom is -0.481 e. The van der Waals surface area contributed by atoms with Crippen LogP contribution in [0.1, 0.15) is 136 Å². The molecule has 0 aliphatic rings. The van der Waals surface area contributed by atoms with Crippen LogP contribution in [0.3, 0.4) is 0 Å². The molecule has 0 aromatic rings. The van der Waals surface area contributed by atoms with Gasteiger partial charge in [-0.3, -0.25) is 14.4 Å². The summed E-state index contributed by atoms with van der Waals surface area (Å²) in [5.74, 6) is -2.01. The average molecular weight is 599 g/mol. The largest absolute Gasteiger partial charge is 0.481 e. The summed E-state index contributed by atoms with van der Waals surface area (Å²) in [5.41, 5.74) is 0. The summed E-state index contributed by atoms with van der Waals surface area (Å²) in [6.07, 6.45) is 15.8. The van der Waals surface area contributed by atoms with Crippen molar-refractivity contribution in [1.82, 2.24) is 0 Å². The third kappa shape index (κ3) is 58.7. The molecular formula is C30H62O11. The van der Waals surface area contributed by atoms with Crippen molar-refractivity contribution in [3.63, 3.8) is 0 Å². The number of carboxylic acid groups (broad SMARTS) is 3. The fraction of sp³-hybridized carbons (Fsp3) is 0.900. The van der Waals surface area contributed by atoms with Crippen LogP contribution in [0.2, 0.25) is 0 Å². The molecule has 41 heavy (non-hydrogen) atoms. The lowest BCUT2D eigenvalue weighted by molar-refractivity contribution is -0.138. The van der Waals surface area contributed by atoms with Crippen LogP contribution < -0.4 is 0 Å². The Hall–Kier alpha value is -1.79. The maximum Gasteiger partial charge on any atom is 0.303 e. The Kier molecular flexibility index (Phi) is 45.4. The third-order valence-corrected chi connectivity index (χ3v) is 5.52. The van der Waals surface area contributed by atoms with Crippen LogP contribution in [-0.2, 0) is 19.1 Å². The quantitative estimate of drug-likeness (QED) is 0.0736. The average Bonchev–Trinajstić information content (AvgIpc) is 2.93. The second-order valence-electron chi connectivity index (χ2n) is 9.88. The fourth-order valence-electron chi connectivity index (χ4n) is 3.08. The van der Waals surface area contributed by atoms with Crippen LogP contribution in [0.4, 0.5) is 0 Å². The zero-order chi connectivity index (χ0) is 32.2. The number of rotatable bonds is 24. The van der Waals surface area contributed by atoms with E-state index in [9.17, 15) is 14.4 Å². The van der Waals surface area contributed by atoms with Gasteiger partial charge in [-0.05, 0) is 19.3 Å². The molecule has 0 aromatic heterocycles. The van der Waals surface area contributed by atoms with E-state index in [2.05, 4.69) is 20.8 Å². The van der Waals surface area contributed by atoms with Crippen molar-refractivity contribution in [2.45, 2.75) is 149 Å². The molecule has 0 spiro atoms. The molecule has 248 valence electrons. The molecule has 0 rings (SSSR count). The lowest BCUT2D eigenvalue weighted by atomic mass is 10.1. The molecule has 11 heteroatoms. The number of hydrogen-bond acceptors (Lipinski definition) is 8. The van der Waals surface area contributed by atoms with Gasteiger partial charge in [0.1, 0.15) is 12.2 Å². The molecule has 0 amide bonds. The van der Waals surface area contributed by atoms with Gasteiger partial charge < -0.3 is 40.5 Å². The highest BCUT2D eigenvalue weighted by molar-refractivity contribution is 5.67. The maximum atomic E-state index is 10.0. The normalized spacial score (nSPS) is 11.5. The first kappa shape index (κ1) is 46.2. The van der Waals surface area contributed by atoms with Crippen LogP contribution in [0.15, 0.2) is 0 Å². The molecular weight excluding hydrogens is 536 g/mol. The topological polar surface area (TPSA) is 202 Å². The molecule has 7 N–H and O–H groups in total. The number of carboxylic acids is 3. The zero-order valence-electron chi connectivity index (χ0n) is 26.0. The van der Waals surface area contributed by atoms with Gasteiger partial charge in [-0.15, -0.1) is 0 Å². The van der Waals surface area contributed by atoms with Crippen LogP contribution in [0.25, 0.3) is 0 Å². The van der Waals surface area contributed by atoms with Gasteiger partial charge in [0.05, 0.1) is 26.4 Å². The Morgan fingerprint density at radius 3 is 0.927 bits per heavy atom. The van der Waals surface area contributed by atoms with Gasteiger partial charge >= 0.3 is 17.9 Å². The molecule has 0 aliphatic carbocycles. The molecule has 0 bridgehead atoms. The lowest BCUT2D eigenvalue weighted by Crippen LogP contribution is -2.25. The second kappa shape index (κ2) is 40.3. The van der Waals surface area contributed by atoms with Gasteiger partial charge in [-0.1, -0.05) is 97.8 Å². The van der Waals surface area contributed by atoms with E-state index < -0.39 is 30.1 Å². The summed E-state index contributed by atoms with van der Waals surface area (Å²) >= 11 is 0. The van der Waals surface area contributed by atoms with Crippen LogP contribution >= 0.6 is 0 Å². The number of unbranched alkanes of at least 4 members (excludes halogenated alkanes) is 12. The van der Waals surface area contributed by atoms with Crippen molar-refractivity contribution in [2.75, 3.05) is 26.4 Å². The summed E-state index contributed by atoms with van der Waals surface area (Å²) < 4.78 is 4.72. The minimum atomic E-state index is -0.916. The number of ether oxygens (including phenoxy) is 1. The van der Waals surface area contributed by atoms with E-state index in [-0.39, 0.29) is 26.4 Å². The Morgan fingerprint density at radius 1 is 0.488 bits per heavy atom. The molecule has 0 heterocycles. The minimum absolute atomic E-state index is 0.0342. The summed E-state index contributed by atoms with van der Waals surface area (Å²) in [4.78, 5) is 30.1. The van der Waals surface area contributed by atoms with Gasteiger partial charge in [0.25, 0.3) is 0 Å². The zero-order valence-corrected chi connectivity index (χ0v) is 26.0. The van der Waals surface area contributed by atoms with Crippen LogP contribution in [0.5, 0.6) is 0 Å². The Morgan fingerprint density at radius 2 is 0.732 bits per heavy atom. The van der Waals surface area contributed by atoms with E-state index in [1.165, 1.54) is 57.8 Å². The molecule has 0 saturated heterocycles. The molecule has 0 aliphatic heterocycles. The van der Waals surface area contributed by atoms with E-state index >= 15 is 0 Å². The molecule has 2 unspecified atom stereocenters. The van der Waals surface area contributed by atoms with Gasteiger partial charge in [0.2, 0.25) is 0 Å². The highest BCUT2D eigenvalue weighted by Crippen LogP contribution is 2.05. The Bertz CT molecular complexity index is 477. The molecule has 2 atom stereocenters. The van der Waals surface area contributed by atoms with Crippen molar-refractivity contribution >= 4 is 17.9 Å². The number of hydrogen-bond donors (Lipinski definition) is 7. The predicted molar refractivity (Wildman–Crippen MR) is 160 cm³/mol. The Balaban J connectivity index is -0.000000223. The fourth-order valence-corrected chi connectivity index (χ4v) is 3.08. The van der Waals surface area contributed by atoms with E-state index in [1.807, 2.05) is 0 Å². The maximum absolute atomic E-state index is 10.0. The smallest absolute Gasteiger partial charge is 0.303 e. The van der Waals surface area contributed by atoms with Crippen molar-refractivity contribution in [3.8, 4) is 0 Å². The number of aliphatic carboxylic acids is 3. The third-order valence-electron chi connectivity index (χ3n) is 5.52. The van der Waals surface area contributed by atoms with Crippen molar-refractivity contribution in [1.29, 1.82) is 0 Å². The monoisotopic (exact) mass is 598 g/mol. The summed E-state index contributed by atoms with van der Waals surface area (Å²) in [5, 5.41) is 58.9. The predicted octanol–water partition coefficient (Wildman–Crippen LogP) is 5.00. The van der Waals surface area contributed by atoms with Gasteiger partial charge in [-0.25, -0.2) is 0 Å². The van der Waals surface area contributed by atoms with Crippen molar-refractivity contribution < 1.29 is 54.9 Å². The first-order chi connectivity index (χ1) is 19.5.